The molecule has 2 aromatic rings. The van der Waals surface area contributed by atoms with Gasteiger partial charge in [0.1, 0.15) is 5.82 Å². The van der Waals surface area contributed by atoms with Crippen molar-refractivity contribution >= 4 is 5.82 Å². The van der Waals surface area contributed by atoms with E-state index >= 15 is 0 Å². The third-order valence-corrected chi connectivity index (χ3v) is 7.21. The maximum atomic E-state index is 13.3. The van der Waals surface area contributed by atoms with E-state index in [0.717, 1.165) is 44.5 Å². The number of nitrogens with two attached hydrogens (primary N) is 1. The monoisotopic (exact) mass is 435 g/mol. The van der Waals surface area contributed by atoms with Gasteiger partial charge >= 0.3 is 6.18 Å². The number of hydrogen-bond acceptors (Lipinski definition) is 5. The van der Waals surface area contributed by atoms with E-state index < -0.39 is 17.6 Å². The Labute approximate surface area is 179 Å². The highest BCUT2D eigenvalue weighted by atomic mass is 19.4. The highest BCUT2D eigenvalue weighted by Crippen LogP contribution is 2.58. The fourth-order valence-electron chi connectivity index (χ4n) is 5.20. The van der Waals surface area contributed by atoms with E-state index in [4.69, 9.17) is 15.6 Å². The standard InChI is InChI=1S/C22H28F3N5O/c1-31-6-5-29-11-15-16(12-29)20(15)19-8-18(28-30(19)10-13-3-2-4-13)14-7-17(22(23,24)25)21(26)27-9-14/h7-9,13,15-16,20H,2-6,10-12H2,1H3,(H2,26,27)/t15-,16?,20+/m0/s1. The molecule has 0 aromatic carbocycles. The van der Waals surface area contributed by atoms with E-state index in [1.165, 1.54) is 25.5 Å². The summed E-state index contributed by atoms with van der Waals surface area (Å²) in [5, 5.41) is 4.75. The van der Waals surface area contributed by atoms with Crippen LogP contribution in [0.4, 0.5) is 19.0 Å². The first-order chi connectivity index (χ1) is 14.8. The molecular formula is C22H28F3N5O. The molecule has 5 rings (SSSR count). The van der Waals surface area contributed by atoms with Gasteiger partial charge < -0.3 is 15.4 Å². The van der Waals surface area contributed by atoms with Gasteiger partial charge in [-0.3, -0.25) is 4.68 Å². The normalized spacial score (nSPS) is 26.1. The topological polar surface area (TPSA) is 69.2 Å². The van der Waals surface area contributed by atoms with E-state index in [0.29, 0.717) is 34.9 Å². The number of rotatable bonds is 7. The lowest BCUT2D eigenvalue weighted by molar-refractivity contribution is -0.137. The summed E-state index contributed by atoms with van der Waals surface area (Å²) in [5.41, 5.74) is 6.65. The molecule has 1 unspecified atom stereocenters. The predicted molar refractivity (Wildman–Crippen MR) is 110 cm³/mol. The quantitative estimate of drug-likeness (QED) is 0.719. The maximum absolute atomic E-state index is 13.3. The Hall–Kier alpha value is -2.13. The molecule has 3 aliphatic rings. The number of alkyl halides is 3. The summed E-state index contributed by atoms with van der Waals surface area (Å²) in [6.07, 6.45) is 0.486. The molecule has 0 radical (unpaired) electrons. The molecule has 6 nitrogen and oxygen atoms in total. The fraction of sp³-hybridized carbons (Fsp3) is 0.636. The molecule has 2 aromatic heterocycles. The second-order valence-corrected chi connectivity index (χ2v) is 9.19. The molecule has 2 saturated carbocycles. The number of nitrogens with zero attached hydrogens (tertiary/aromatic N) is 4. The molecule has 0 spiro atoms. The second-order valence-electron chi connectivity index (χ2n) is 9.19. The number of fused-ring (bicyclic) bond motifs is 1. The molecular weight excluding hydrogens is 407 g/mol. The number of ether oxygens (including phenoxy) is 1. The Morgan fingerprint density at radius 1 is 1.19 bits per heavy atom. The van der Waals surface area contributed by atoms with Crippen molar-refractivity contribution in [1.29, 1.82) is 0 Å². The molecule has 0 amide bonds. The Morgan fingerprint density at radius 3 is 2.55 bits per heavy atom. The number of hydrogen-bond donors (Lipinski definition) is 1. The van der Waals surface area contributed by atoms with Gasteiger partial charge in [0.05, 0.1) is 17.9 Å². The van der Waals surface area contributed by atoms with Crippen LogP contribution < -0.4 is 5.73 Å². The number of aromatic nitrogens is 3. The van der Waals surface area contributed by atoms with Crippen LogP contribution >= 0.6 is 0 Å². The lowest BCUT2D eigenvalue weighted by atomic mass is 9.85. The highest BCUT2D eigenvalue weighted by molar-refractivity contribution is 5.63. The van der Waals surface area contributed by atoms with Gasteiger partial charge in [0.25, 0.3) is 0 Å². The lowest BCUT2D eigenvalue weighted by Gasteiger charge is -2.26. The third kappa shape index (κ3) is 3.93. The Kier molecular flexibility index (Phi) is 5.21. The molecule has 2 aliphatic carbocycles. The first-order valence-corrected chi connectivity index (χ1v) is 11.0. The molecule has 1 saturated heterocycles. The summed E-state index contributed by atoms with van der Waals surface area (Å²) in [6, 6.07) is 3.05. The predicted octanol–water partition coefficient (Wildman–Crippen LogP) is 3.64. The number of halogens is 3. The second kappa shape index (κ2) is 7.78. The molecule has 0 bridgehead atoms. The van der Waals surface area contributed by atoms with Crippen LogP contribution in [-0.4, -0.2) is 53.0 Å². The lowest BCUT2D eigenvalue weighted by Crippen LogP contribution is -2.28. The van der Waals surface area contributed by atoms with Crippen molar-refractivity contribution in [2.24, 2.45) is 17.8 Å². The third-order valence-electron chi connectivity index (χ3n) is 7.21. The summed E-state index contributed by atoms with van der Waals surface area (Å²) in [7, 11) is 1.72. The Bertz CT molecular complexity index is 943. The zero-order valence-electron chi connectivity index (χ0n) is 17.6. The van der Waals surface area contributed by atoms with E-state index in [-0.39, 0.29) is 0 Å². The maximum Gasteiger partial charge on any atom is 0.419 e. The van der Waals surface area contributed by atoms with Crippen molar-refractivity contribution in [2.75, 3.05) is 39.1 Å². The Balaban J connectivity index is 1.41. The summed E-state index contributed by atoms with van der Waals surface area (Å²) in [6.45, 7) is 4.61. The van der Waals surface area contributed by atoms with Crippen molar-refractivity contribution in [1.82, 2.24) is 19.7 Å². The van der Waals surface area contributed by atoms with E-state index in [1.54, 1.807) is 7.11 Å². The number of methoxy groups -OCH3 is 1. The van der Waals surface area contributed by atoms with E-state index in [2.05, 4.69) is 14.6 Å². The van der Waals surface area contributed by atoms with Crippen molar-refractivity contribution in [3.63, 3.8) is 0 Å². The molecule has 3 fully saturated rings. The highest BCUT2D eigenvalue weighted by Gasteiger charge is 2.57. The minimum atomic E-state index is -4.54. The molecule has 31 heavy (non-hydrogen) atoms. The van der Waals surface area contributed by atoms with Crippen molar-refractivity contribution in [2.45, 2.75) is 37.9 Å². The average molecular weight is 435 g/mol. The van der Waals surface area contributed by atoms with Gasteiger partial charge in [-0.05, 0) is 42.7 Å². The number of nitrogen functional groups attached to an aromatic ring is 1. The van der Waals surface area contributed by atoms with Gasteiger partial charge in [-0.15, -0.1) is 0 Å². The van der Waals surface area contributed by atoms with Crippen molar-refractivity contribution in [3.8, 4) is 11.3 Å². The van der Waals surface area contributed by atoms with Gasteiger partial charge in [0.15, 0.2) is 0 Å². The SMILES string of the molecule is COCCN1CC2[C@H](C1)[C@H]2c1cc(-c2cnc(N)c(C(F)(F)F)c2)nn1CC1CCC1. The first kappa shape index (κ1) is 20.8. The van der Waals surface area contributed by atoms with Crippen LogP contribution in [0.2, 0.25) is 0 Å². The fourth-order valence-corrected chi connectivity index (χ4v) is 5.20. The van der Waals surface area contributed by atoms with Crippen LogP contribution in [0.25, 0.3) is 11.3 Å². The largest absolute Gasteiger partial charge is 0.419 e. The molecule has 9 heteroatoms. The van der Waals surface area contributed by atoms with Gasteiger partial charge in [-0.25, -0.2) is 4.98 Å². The number of piperidine rings is 1. The number of pyridine rings is 1. The number of likely N-dealkylation sites (tertiary alicyclic amines) is 1. The zero-order valence-corrected chi connectivity index (χ0v) is 17.6. The minimum Gasteiger partial charge on any atom is -0.383 e. The van der Waals surface area contributed by atoms with Crippen molar-refractivity contribution < 1.29 is 17.9 Å². The van der Waals surface area contributed by atoms with Crippen molar-refractivity contribution in [3.05, 3.63) is 29.6 Å². The molecule has 168 valence electrons. The van der Waals surface area contributed by atoms with Crippen LogP contribution in [0.1, 0.15) is 36.4 Å². The van der Waals surface area contributed by atoms with Gasteiger partial charge in [0.2, 0.25) is 0 Å². The first-order valence-electron chi connectivity index (χ1n) is 11.0. The molecule has 2 N–H and O–H groups in total. The van der Waals surface area contributed by atoms with Gasteiger partial charge in [0, 0.05) is 56.7 Å². The number of anilines is 1. The average Bonchev–Trinajstić information content (AvgIpc) is 3.04. The van der Waals surface area contributed by atoms with E-state index in [9.17, 15) is 13.2 Å². The van der Waals surface area contributed by atoms with Crippen LogP contribution in [0.5, 0.6) is 0 Å². The van der Waals surface area contributed by atoms with Gasteiger partial charge in [-0.2, -0.15) is 18.3 Å². The summed E-state index contributed by atoms with van der Waals surface area (Å²) in [4.78, 5) is 6.23. The smallest absolute Gasteiger partial charge is 0.383 e. The van der Waals surface area contributed by atoms with Crippen LogP contribution in [0.3, 0.4) is 0 Å². The van der Waals surface area contributed by atoms with Crippen LogP contribution in [-0.2, 0) is 17.5 Å². The van der Waals surface area contributed by atoms with Crippen LogP contribution in [0, 0.1) is 17.8 Å². The Morgan fingerprint density at radius 2 is 1.94 bits per heavy atom. The zero-order chi connectivity index (χ0) is 21.8. The summed E-state index contributed by atoms with van der Waals surface area (Å²) in [5.74, 6) is 1.73. The summed E-state index contributed by atoms with van der Waals surface area (Å²) < 4.78 is 47.2. The molecule has 3 atom stereocenters. The molecule has 3 heterocycles. The minimum absolute atomic E-state index is 0.364. The van der Waals surface area contributed by atoms with Crippen LogP contribution in [0.15, 0.2) is 18.3 Å². The van der Waals surface area contributed by atoms with Gasteiger partial charge in [-0.1, -0.05) is 6.42 Å². The molecule has 1 aliphatic heterocycles. The summed E-state index contributed by atoms with van der Waals surface area (Å²) >= 11 is 0. The van der Waals surface area contributed by atoms with E-state index in [1.807, 2.05) is 6.07 Å².